The normalized spacial score (nSPS) is 35.5. The molecule has 0 aromatic rings. The Bertz CT molecular complexity index is 346. The van der Waals surface area contributed by atoms with Gasteiger partial charge < -0.3 is 18.9 Å². The first kappa shape index (κ1) is 16.7. The van der Waals surface area contributed by atoms with Gasteiger partial charge in [0.2, 0.25) is 0 Å². The van der Waals surface area contributed by atoms with Gasteiger partial charge in [0.1, 0.15) is 0 Å². The Hall–Kier alpha value is -0.650. The average Bonchev–Trinajstić information content (AvgIpc) is 2.85. The van der Waals surface area contributed by atoms with Crippen molar-refractivity contribution in [1.82, 2.24) is 0 Å². The largest absolute Gasteiger partial charge is 0.466 e. The summed E-state index contributed by atoms with van der Waals surface area (Å²) in [4.78, 5) is 11.6. The zero-order valence-corrected chi connectivity index (χ0v) is 13.4. The SMILES string of the molecule is CCOC(=O)CC[C@@H]1CCCC2(OC)OC(OCC)C[C@@H]12. The maximum atomic E-state index is 11.6. The average molecular weight is 300 g/mol. The minimum atomic E-state index is -0.516. The fourth-order valence-electron chi connectivity index (χ4n) is 3.82. The van der Waals surface area contributed by atoms with Crippen LogP contribution >= 0.6 is 0 Å². The van der Waals surface area contributed by atoms with Gasteiger partial charge >= 0.3 is 5.97 Å². The van der Waals surface area contributed by atoms with Crippen LogP contribution in [0.1, 0.15) is 52.4 Å². The van der Waals surface area contributed by atoms with Crippen LogP contribution in [0.5, 0.6) is 0 Å². The van der Waals surface area contributed by atoms with E-state index in [-0.39, 0.29) is 12.3 Å². The number of hydrogen-bond acceptors (Lipinski definition) is 5. The number of rotatable bonds is 7. The highest BCUT2D eigenvalue weighted by atomic mass is 16.8. The van der Waals surface area contributed by atoms with Gasteiger partial charge in [0, 0.05) is 38.9 Å². The predicted molar refractivity (Wildman–Crippen MR) is 77.6 cm³/mol. The Balaban J connectivity index is 1.97. The third kappa shape index (κ3) is 3.76. The van der Waals surface area contributed by atoms with Crippen LogP contribution in [0.2, 0.25) is 0 Å². The zero-order valence-electron chi connectivity index (χ0n) is 13.4. The lowest BCUT2D eigenvalue weighted by Crippen LogP contribution is -2.44. The number of fused-ring (bicyclic) bond motifs is 1. The molecule has 2 fully saturated rings. The summed E-state index contributed by atoms with van der Waals surface area (Å²) in [5, 5.41) is 0. The van der Waals surface area contributed by atoms with Crippen LogP contribution < -0.4 is 0 Å². The summed E-state index contributed by atoms with van der Waals surface area (Å²) in [7, 11) is 1.72. The molecule has 0 amide bonds. The molecule has 0 radical (unpaired) electrons. The van der Waals surface area contributed by atoms with Crippen LogP contribution in [0.25, 0.3) is 0 Å². The fourth-order valence-corrected chi connectivity index (χ4v) is 3.82. The summed E-state index contributed by atoms with van der Waals surface area (Å²) in [6.07, 6.45) is 5.10. The topological polar surface area (TPSA) is 54.0 Å². The molecular formula is C16H28O5. The van der Waals surface area contributed by atoms with Gasteiger partial charge in [-0.25, -0.2) is 0 Å². The smallest absolute Gasteiger partial charge is 0.305 e. The maximum absolute atomic E-state index is 11.6. The van der Waals surface area contributed by atoms with Crippen molar-refractivity contribution in [1.29, 1.82) is 0 Å². The molecular weight excluding hydrogens is 272 g/mol. The standard InChI is InChI=1S/C16H28O5/c1-4-19-14(17)9-8-12-7-6-10-16(18-3)13(12)11-15(21-16)20-5-2/h12-13,15H,4-11H2,1-3H3/t12-,13-,15?,16?/m0/s1. The van der Waals surface area contributed by atoms with Gasteiger partial charge in [-0.2, -0.15) is 0 Å². The summed E-state index contributed by atoms with van der Waals surface area (Å²) < 4.78 is 22.5. The van der Waals surface area contributed by atoms with E-state index < -0.39 is 5.79 Å². The van der Waals surface area contributed by atoms with E-state index >= 15 is 0 Å². The Morgan fingerprint density at radius 1 is 1.33 bits per heavy atom. The monoisotopic (exact) mass is 300 g/mol. The molecule has 2 rings (SSSR count). The molecule has 2 aliphatic rings. The highest BCUT2D eigenvalue weighted by Gasteiger charge is 2.54. The molecule has 0 bridgehead atoms. The molecule has 1 saturated carbocycles. The summed E-state index contributed by atoms with van der Waals surface area (Å²) in [6.45, 7) is 4.91. The Morgan fingerprint density at radius 3 is 2.81 bits per heavy atom. The van der Waals surface area contributed by atoms with Gasteiger partial charge in [-0.05, 0) is 39.0 Å². The van der Waals surface area contributed by atoms with E-state index in [0.717, 1.165) is 32.1 Å². The minimum Gasteiger partial charge on any atom is -0.466 e. The summed E-state index contributed by atoms with van der Waals surface area (Å²) >= 11 is 0. The lowest BCUT2D eigenvalue weighted by atomic mass is 9.72. The number of esters is 1. The van der Waals surface area contributed by atoms with Crippen molar-refractivity contribution in [3.63, 3.8) is 0 Å². The second-order valence-corrected chi connectivity index (χ2v) is 5.86. The van der Waals surface area contributed by atoms with E-state index in [9.17, 15) is 4.79 Å². The minimum absolute atomic E-state index is 0.105. The molecule has 4 atom stereocenters. The maximum Gasteiger partial charge on any atom is 0.305 e. The fraction of sp³-hybridized carbons (Fsp3) is 0.938. The number of methoxy groups -OCH3 is 1. The van der Waals surface area contributed by atoms with E-state index in [1.165, 1.54) is 0 Å². The molecule has 0 aromatic carbocycles. The summed E-state index contributed by atoms with van der Waals surface area (Å²) in [6, 6.07) is 0. The third-order valence-electron chi connectivity index (χ3n) is 4.73. The Morgan fingerprint density at radius 2 is 2.14 bits per heavy atom. The molecule has 5 nitrogen and oxygen atoms in total. The van der Waals surface area contributed by atoms with Gasteiger partial charge in [-0.15, -0.1) is 0 Å². The van der Waals surface area contributed by atoms with Crippen molar-refractivity contribution < 1.29 is 23.7 Å². The number of carbonyl (C=O) groups excluding carboxylic acids is 1. The van der Waals surface area contributed by atoms with E-state index in [2.05, 4.69) is 0 Å². The summed E-state index contributed by atoms with van der Waals surface area (Å²) in [5.74, 6) is 0.124. The molecule has 21 heavy (non-hydrogen) atoms. The molecule has 1 aliphatic carbocycles. The quantitative estimate of drug-likeness (QED) is 0.677. The molecule has 122 valence electrons. The highest BCUT2D eigenvalue weighted by molar-refractivity contribution is 5.69. The van der Waals surface area contributed by atoms with E-state index in [4.69, 9.17) is 18.9 Å². The molecule has 0 aromatic heterocycles. The second kappa shape index (κ2) is 7.56. The van der Waals surface area contributed by atoms with Crippen molar-refractivity contribution >= 4 is 5.97 Å². The lowest BCUT2D eigenvalue weighted by Gasteiger charge is -2.41. The highest BCUT2D eigenvalue weighted by Crippen LogP contribution is 2.50. The Kier molecular flexibility index (Phi) is 6.02. The van der Waals surface area contributed by atoms with Crippen molar-refractivity contribution in [2.75, 3.05) is 20.3 Å². The van der Waals surface area contributed by atoms with Gasteiger partial charge in [-0.3, -0.25) is 4.79 Å². The zero-order chi connectivity index (χ0) is 15.3. The first-order chi connectivity index (χ1) is 10.1. The lowest BCUT2D eigenvalue weighted by molar-refractivity contribution is -0.285. The van der Waals surface area contributed by atoms with Gasteiger partial charge in [0.15, 0.2) is 12.1 Å². The first-order valence-electron chi connectivity index (χ1n) is 8.15. The van der Waals surface area contributed by atoms with Crippen LogP contribution in [-0.4, -0.2) is 38.4 Å². The molecule has 1 aliphatic heterocycles. The number of hydrogen-bond donors (Lipinski definition) is 0. The van der Waals surface area contributed by atoms with Crippen molar-refractivity contribution in [3.05, 3.63) is 0 Å². The molecule has 1 heterocycles. The van der Waals surface area contributed by atoms with Crippen LogP contribution in [0.3, 0.4) is 0 Å². The van der Waals surface area contributed by atoms with E-state index in [1.54, 1.807) is 7.11 Å². The van der Waals surface area contributed by atoms with E-state index in [0.29, 0.717) is 31.5 Å². The van der Waals surface area contributed by atoms with Gasteiger partial charge in [0.25, 0.3) is 0 Å². The molecule has 0 spiro atoms. The van der Waals surface area contributed by atoms with Crippen molar-refractivity contribution in [3.8, 4) is 0 Å². The predicted octanol–water partition coefficient (Wildman–Crippen LogP) is 2.87. The summed E-state index contributed by atoms with van der Waals surface area (Å²) in [5.41, 5.74) is 0. The van der Waals surface area contributed by atoms with Crippen LogP contribution in [0.15, 0.2) is 0 Å². The Labute approximate surface area is 127 Å². The molecule has 1 saturated heterocycles. The first-order valence-corrected chi connectivity index (χ1v) is 8.15. The van der Waals surface area contributed by atoms with Crippen molar-refractivity contribution in [2.24, 2.45) is 11.8 Å². The molecule has 0 N–H and O–H groups in total. The van der Waals surface area contributed by atoms with E-state index in [1.807, 2.05) is 13.8 Å². The van der Waals surface area contributed by atoms with Gasteiger partial charge in [-0.1, -0.05) is 0 Å². The number of ether oxygens (including phenoxy) is 4. The molecule has 2 unspecified atom stereocenters. The van der Waals surface area contributed by atoms with Crippen molar-refractivity contribution in [2.45, 2.75) is 64.4 Å². The molecule has 5 heteroatoms. The third-order valence-corrected chi connectivity index (χ3v) is 4.73. The van der Waals surface area contributed by atoms with Crippen LogP contribution in [0, 0.1) is 11.8 Å². The van der Waals surface area contributed by atoms with Gasteiger partial charge in [0.05, 0.1) is 6.61 Å². The second-order valence-electron chi connectivity index (χ2n) is 5.86. The van der Waals surface area contributed by atoms with Crippen LogP contribution in [-0.2, 0) is 23.7 Å². The number of carbonyl (C=O) groups is 1. The van der Waals surface area contributed by atoms with Crippen LogP contribution in [0.4, 0.5) is 0 Å².